The number of rotatable bonds is 2. The minimum Gasteiger partial charge on any atom is -0.478 e. The summed E-state index contributed by atoms with van der Waals surface area (Å²) in [4.78, 5) is 21.1. The van der Waals surface area contributed by atoms with Gasteiger partial charge < -0.3 is 9.52 Å². The van der Waals surface area contributed by atoms with Crippen LogP contribution in [0.4, 0.5) is 5.69 Å². The second-order valence-electron chi connectivity index (χ2n) is 3.25. The summed E-state index contributed by atoms with van der Waals surface area (Å²) in [6.07, 6.45) is 0. The summed E-state index contributed by atoms with van der Waals surface area (Å²) in [7, 11) is 0. The Morgan fingerprint density at radius 3 is 2.75 bits per heavy atom. The highest BCUT2D eigenvalue weighted by Gasteiger charge is 2.24. The maximum absolute atomic E-state index is 11.0. The Kier molecular flexibility index (Phi) is 2.12. The number of fused-ring (bicyclic) bond motifs is 1. The summed E-state index contributed by atoms with van der Waals surface area (Å²) in [5.74, 6) is -1.07. The van der Waals surface area contributed by atoms with E-state index in [1.54, 1.807) is 0 Å². The zero-order valence-electron chi connectivity index (χ0n) is 8.26. The molecule has 0 aliphatic carbocycles. The normalized spacial score (nSPS) is 10.6. The van der Waals surface area contributed by atoms with E-state index in [0.717, 1.165) is 0 Å². The van der Waals surface area contributed by atoms with Crippen molar-refractivity contribution in [1.29, 1.82) is 0 Å². The van der Waals surface area contributed by atoms with Gasteiger partial charge in [-0.25, -0.2) is 4.79 Å². The Hall–Kier alpha value is -2.37. The first kappa shape index (κ1) is 10.2. The zero-order valence-corrected chi connectivity index (χ0v) is 8.26. The number of carboxylic acids is 1. The van der Waals surface area contributed by atoms with Crippen LogP contribution in [0.25, 0.3) is 11.0 Å². The standard InChI is InChI=1S/C10H7NO5/c1-5-8(10(12)13)9-6(11(14)15)3-2-4-7(9)16-5/h2-4H,1H3,(H,12,13). The van der Waals surface area contributed by atoms with Crippen LogP contribution in [0.2, 0.25) is 0 Å². The van der Waals surface area contributed by atoms with Crippen LogP contribution >= 0.6 is 0 Å². The molecule has 2 rings (SSSR count). The molecule has 1 heterocycles. The third kappa shape index (κ3) is 1.31. The van der Waals surface area contributed by atoms with E-state index in [2.05, 4.69) is 0 Å². The Labute approximate surface area is 89.2 Å². The lowest BCUT2D eigenvalue weighted by Crippen LogP contribution is -1.98. The molecule has 0 saturated heterocycles. The minimum absolute atomic E-state index is 0.0394. The van der Waals surface area contributed by atoms with Crippen LogP contribution in [0.3, 0.4) is 0 Å². The van der Waals surface area contributed by atoms with Crippen LogP contribution in [-0.4, -0.2) is 16.0 Å². The molecular formula is C10H7NO5. The predicted molar refractivity (Wildman–Crippen MR) is 54.6 cm³/mol. The van der Waals surface area contributed by atoms with Crippen LogP contribution in [0.1, 0.15) is 16.1 Å². The zero-order chi connectivity index (χ0) is 11.9. The van der Waals surface area contributed by atoms with Crippen LogP contribution in [-0.2, 0) is 0 Å². The van der Waals surface area contributed by atoms with E-state index in [-0.39, 0.29) is 28.0 Å². The number of carboxylic acid groups (broad SMARTS) is 1. The van der Waals surface area contributed by atoms with E-state index in [1.807, 2.05) is 0 Å². The maximum Gasteiger partial charge on any atom is 0.340 e. The van der Waals surface area contributed by atoms with Gasteiger partial charge in [-0.3, -0.25) is 10.1 Å². The van der Waals surface area contributed by atoms with Crippen LogP contribution in [0, 0.1) is 17.0 Å². The number of furan rings is 1. The highest BCUT2D eigenvalue weighted by molar-refractivity contribution is 6.07. The largest absolute Gasteiger partial charge is 0.478 e. The summed E-state index contributed by atoms with van der Waals surface area (Å²) < 4.78 is 5.17. The Balaban J connectivity index is 2.94. The number of benzene rings is 1. The molecule has 82 valence electrons. The first-order valence-corrected chi connectivity index (χ1v) is 4.42. The van der Waals surface area contributed by atoms with Crippen molar-refractivity contribution >= 4 is 22.6 Å². The van der Waals surface area contributed by atoms with E-state index < -0.39 is 10.9 Å². The number of hydrogen-bond acceptors (Lipinski definition) is 4. The molecule has 0 bridgehead atoms. The van der Waals surface area contributed by atoms with Crippen molar-refractivity contribution in [3.8, 4) is 0 Å². The number of nitro benzene ring substituents is 1. The van der Waals surface area contributed by atoms with Crippen LogP contribution in [0.15, 0.2) is 22.6 Å². The number of nitro groups is 1. The lowest BCUT2D eigenvalue weighted by atomic mass is 10.1. The molecule has 6 heteroatoms. The number of aromatic carboxylic acids is 1. The highest BCUT2D eigenvalue weighted by Crippen LogP contribution is 2.32. The number of hydrogen-bond donors (Lipinski definition) is 1. The van der Waals surface area contributed by atoms with Crippen LogP contribution in [0.5, 0.6) is 0 Å². The van der Waals surface area contributed by atoms with Crippen molar-refractivity contribution in [1.82, 2.24) is 0 Å². The molecule has 0 unspecified atom stereocenters. The van der Waals surface area contributed by atoms with Gasteiger partial charge in [-0.05, 0) is 13.0 Å². The summed E-state index contributed by atoms with van der Waals surface area (Å²) >= 11 is 0. The second kappa shape index (κ2) is 3.34. The van der Waals surface area contributed by atoms with Crippen LogP contribution < -0.4 is 0 Å². The van der Waals surface area contributed by atoms with Gasteiger partial charge in [0, 0.05) is 6.07 Å². The first-order valence-electron chi connectivity index (χ1n) is 4.42. The maximum atomic E-state index is 11.0. The van der Waals surface area contributed by atoms with E-state index in [1.165, 1.54) is 25.1 Å². The molecule has 1 N–H and O–H groups in total. The van der Waals surface area contributed by atoms with Gasteiger partial charge in [-0.2, -0.15) is 0 Å². The molecule has 0 fully saturated rings. The van der Waals surface area contributed by atoms with E-state index in [0.29, 0.717) is 0 Å². The molecule has 0 aliphatic heterocycles. The van der Waals surface area contributed by atoms with Crippen molar-refractivity contribution < 1.29 is 19.2 Å². The van der Waals surface area contributed by atoms with Gasteiger partial charge in [0.15, 0.2) is 0 Å². The molecule has 2 aromatic rings. The van der Waals surface area contributed by atoms with Crippen molar-refractivity contribution in [3.05, 3.63) is 39.6 Å². The number of nitrogens with zero attached hydrogens (tertiary/aromatic N) is 1. The fourth-order valence-electron chi connectivity index (χ4n) is 1.66. The monoisotopic (exact) mass is 221 g/mol. The average molecular weight is 221 g/mol. The molecule has 0 amide bonds. The Morgan fingerprint density at radius 2 is 2.19 bits per heavy atom. The lowest BCUT2D eigenvalue weighted by molar-refractivity contribution is -0.383. The molecular weight excluding hydrogens is 214 g/mol. The van der Waals surface area contributed by atoms with E-state index >= 15 is 0 Å². The predicted octanol–water partition coefficient (Wildman–Crippen LogP) is 2.35. The highest BCUT2D eigenvalue weighted by atomic mass is 16.6. The molecule has 6 nitrogen and oxygen atoms in total. The Morgan fingerprint density at radius 1 is 1.50 bits per heavy atom. The van der Waals surface area contributed by atoms with E-state index in [9.17, 15) is 14.9 Å². The third-order valence-corrected chi connectivity index (χ3v) is 2.28. The number of non-ortho nitro benzene ring substituents is 1. The van der Waals surface area contributed by atoms with Crippen molar-refractivity contribution in [2.24, 2.45) is 0 Å². The second-order valence-corrected chi connectivity index (χ2v) is 3.25. The molecule has 1 aromatic carbocycles. The molecule has 0 saturated carbocycles. The van der Waals surface area contributed by atoms with Gasteiger partial charge in [0.05, 0.1) is 4.92 Å². The molecule has 0 aliphatic rings. The third-order valence-electron chi connectivity index (χ3n) is 2.28. The summed E-state index contributed by atoms with van der Waals surface area (Å²) in [6.45, 7) is 1.47. The minimum atomic E-state index is -1.23. The summed E-state index contributed by atoms with van der Waals surface area (Å²) in [5.41, 5.74) is -0.196. The molecule has 0 spiro atoms. The molecule has 1 aromatic heterocycles. The van der Waals surface area contributed by atoms with Gasteiger partial charge >= 0.3 is 5.97 Å². The molecule has 0 radical (unpaired) electrons. The van der Waals surface area contributed by atoms with Crippen molar-refractivity contribution in [2.75, 3.05) is 0 Å². The van der Waals surface area contributed by atoms with Gasteiger partial charge in [0.1, 0.15) is 22.3 Å². The summed E-state index contributed by atoms with van der Waals surface area (Å²) in [5, 5.41) is 19.8. The fraction of sp³-hybridized carbons (Fsp3) is 0.100. The first-order chi connectivity index (χ1) is 7.52. The molecule has 16 heavy (non-hydrogen) atoms. The van der Waals surface area contributed by atoms with Crippen molar-refractivity contribution in [2.45, 2.75) is 6.92 Å². The quantitative estimate of drug-likeness (QED) is 0.620. The van der Waals surface area contributed by atoms with Gasteiger partial charge in [-0.1, -0.05) is 6.07 Å². The van der Waals surface area contributed by atoms with E-state index in [4.69, 9.17) is 9.52 Å². The number of carbonyl (C=O) groups is 1. The number of aryl methyl sites for hydroxylation is 1. The summed E-state index contributed by atoms with van der Waals surface area (Å²) in [6, 6.07) is 4.21. The van der Waals surface area contributed by atoms with Crippen molar-refractivity contribution in [3.63, 3.8) is 0 Å². The SMILES string of the molecule is Cc1oc2cccc([N+](=O)[O-])c2c1C(=O)O. The average Bonchev–Trinajstić information content (AvgIpc) is 2.52. The fourth-order valence-corrected chi connectivity index (χ4v) is 1.66. The van der Waals surface area contributed by atoms with Gasteiger partial charge in [0.25, 0.3) is 5.69 Å². The van der Waals surface area contributed by atoms with Gasteiger partial charge in [0.2, 0.25) is 0 Å². The topological polar surface area (TPSA) is 93.6 Å². The smallest absolute Gasteiger partial charge is 0.340 e. The lowest BCUT2D eigenvalue weighted by Gasteiger charge is -1.94. The van der Waals surface area contributed by atoms with Gasteiger partial charge in [-0.15, -0.1) is 0 Å². The molecule has 0 atom stereocenters. The Bertz CT molecular complexity index is 599.